The molecule has 0 saturated heterocycles. The van der Waals surface area contributed by atoms with Gasteiger partial charge in [0.1, 0.15) is 0 Å². The third-order valence-corrected chi connectivity index (χ3v) is 1.79. The first-order valence-electron chi connectivity index (χ1n) is 3.91. The Morgan fingerprint density at radius 1 is 1.57 bits per heavy atom. The van der Waals surface area contributed by atoms with Crippen molar-refractivity contribution in [3.63, 3.8) is 0 Å². The molecule has 0 fully saturated rings. The highest BCUT2D eigenvalue weighted by Gasteiger charge is 2.20. The molecule has 0 aliphatic rings. The second-order valence-corrected chi connectivity index (χ2v) is 2.61. The van der Waals surface area contributed by atoms with Crippen molar-refractivity contribution in [1.29, 1.82) is 0 Å². The summed E-state index contributed by atoms with van der Waals surface area (Å²) in [6.07, 6.45) is -1.54. The molecule has 1 heterocycles. The zero-order chi connectivity index (χ0) is 10.7. The van der Waals surface area contributed by atoms with Gasteiger partial charge in [0, 0.05) is 6.54 Å². The second-order valence-electron chi connectivity index (χ2n) is 2.61. The maximum Gasteiger partial charge on any atom is 0.269 e. The number of rotatable bonds is 3. The van der Waals surface area contributed by atoms with E-state index >= 15 is 0 Å². The molecule has 1 aromatic heterocycles. The van der Waals surface area contributed by atoms with Crippen molar-refractivity contribution in [2.45, 2.75) is 13.0 Å². The molecule has 0 aliphatic carbocycles. The first kappa shape index (κ1) is 10.6. The summed E-state index contributed by atoms with van der Waals surface area (Å²) in [4.78, 5) is 3.80. The molecule has 0 atom stereocenters. The number of nitrogens with zero attached hydrogens (tertiary/aromatic N) is 1. The van der Waals surface area contributed by atoms with E-state index in [2.05, 4.69) is 4.98 Å². The van der Waals surface area contributed by atoms with Crippen LogP contribution in [0, 0.1) is 0 Å². The van der Waals surface area contributed by atoms with Gasteiger partial charge in [-0.1, -0.05) is 0 Å². The van der Waals surface area contributed by atoms with Gasteiger partial charge in [0.25, 0.3) is 6.43 Å². The van der Waals surface area contributed by atoms with Crippen molar-refractivity contribution in [2.75, 3.05) is 12.8 Å². The maximum absolute atomic E-state index is 12.6. The third-order valence-electron chi connectivity index (χ3n) is 1.79. The normalized spacial score (nSPS) is 10.6. The first-order chi connectivity index (χ1) is 6.61. The van der Waals surface area contributed by atoms with Crippen molar-refractivity contribution < 1.29 is 13.5 Å². The number of halogens is 2. The number of alkyl halides is 2. The minimum Gasteiger partial charge on any atom is -0.494 e. The molecule has 4 nitrogen and oxygen atoms in total. The molecule has 14 heavy (non-hydrogen) atoms. The van der Waals surface area contributed by atoms with Crippen LogP contribution in [0.4, 0.5) is 14.5 Å². The van der Waals surface area contributed by atoms with Gasteiger partial charge in [-0.05, 0) is 0 Å². The molecular weight excluding hydrogens is 192 g/mol. The van der Waals surface area contributed by atoms with Crippen LogP contribution in [0.2, 0.25) is 0 Å². The van der Waals surface area contributed by atoms with Gasteiger partial charge in [0.05, 0.1) is 30.3 Å². The van der Waals surface area contributed by atoms with Crippen LogP contribution in [0.5, 0.6) is 5.75 Å². The maximum atomic E-state index is 12.6. The molecule has 1 rings (SSSR count). The van der Waals surface area contributed by atoms with Crippen LogP contribution in [-0.2, 0) is 6.54 Å². The predicted molar refractivity (Wildman–Crippen MR) is 48.0 cm³/mol. The molecule has 6 heteroatoms. The number of anilines is 1. The Morgan fingerprint density at radius 3 is 2.64 bits per heavy atom. The number of nitrogens with two attached hydrogens (primary N) is 2. The van der Waals surface area contributed by atoms with Crippen molar-refractivity contribution in [2.24, 2.45) is 5.73 Å². The van der Waals surface area contributed by atoms with E-state index in [1.54, 1.807) is 0 Å². The van der Waals surface area contributed by atoms with E-state index in [0.29, 0.717) is 0 Å². The molecule has 0 saturated carbocycles. The number of hydrogen-bond donors (Lipinski definition) is 2. The van der Waals surface area contributed by atoms with Gasteiger partial charge in [0.15, 0.2) is 5.75 Å². The van der Waals surface area contributed by atoms with Crippen molar-refractivity contribution in [3.8, 4) is 5.75 Å². The topological polar surface area (TPSA) is 74.2 Å². The molecule has 0 aliphatic heterocycles. The van der Waals surface area contributed by atoms with Gasteiger partial charge in [-0.3, -0.25) is 4.98 Å². The number of pyridine rings is 1. The first-order valence-corrected chi connectivity index (χ1v) is 3.91. The van der Waals surface area contributed by atoms with Gasteiger partial charge in [0.2, 0.25) is 0 Å². The van der Waals surface area contributed by atoms with Gasteiger partial charge < -0.3 is 16.2 Å². The fraction of sp³-hybridized carbons (Fsp3) is 0.375. The minimum absolute atomic E-state index is 0.0255. The number of methoxy groups -OCH3 is 1. The van der Waals surface area contributed by atoms with Crippen LogP contribution < -0.4 is 16.2 Å². The lowest BCUT2D eigenvalue weighted by atomic mass is 10.1. The molecule has 4 N–H and O–H groups in total. The number of aromatic nitrogens is 1. The number of nitrogen functional groups attached to an aromatic ring is 1. The van der Waals surface area contributed by atoms with Crippen LogP contribution in [0.3, 0.4) is 0 Å². The fourth-order valence-corrected chi connectivity index (χ4v) is 1.16. The zero-order valence-corrected chi connectivity index (χ0v) is 7.63. The van der Waals surface area contributed by atoms with Crippen LogP contribution in [0.15, 0.2) is 6.20 Å². The summed E-state index contributed by atoms with van der Waals surface area (Å²) in [6.45, 7) is 0.0309. The standard InChI is InChI=1S/C8H11F2N3O/c1-14-7-5(2-11)13-3-4(12)6(7)8(9)10/h3,8H,2,11-12H2,1H3. The van der Waals surface area contributed by atoms with Crippen LogP contribution >= 0.6 is 0 Å². The average molecular weight is 203 g/mol. The van der Waals surface area contributed by atoms with Crippen LogP contribution in [-0.4, -0.2) is 12.1 Å². The van der Waals surface area contributed by atoms with E-state index < -0.39 is 6.43 Å². The highest BCUT2D eigenvalue weighted by molar-refractivity contribution is 5.55. The molecule has 0 bridgehead atoms. The molecule has 0 spiro atoms. The Balaban J connectivity index is 3.35. The molecule has 0 amide bonds. The van der Waals surface area contributed by atoms with Gasteiger partial charge in [-0.25, -0.2) is 8.78 Å². The molecule has 1 aromatic rings. The zero-order valence-electron chi connectivity index (χ0n) is 7.63. The van der Waals surface area contributed by atoms with Crippen molar-refractivity contribution >= 4 is 5.69 Å². The Bertz CT molecular complexity index is 331. The van der Waals surface area contributed by atoms with Crippen LogP contribution in [0.1, 0.15) is 17.7 Å². The number of ether oxygens (including phenoxy) is 1. The molecular formula is C8H11F2N3O. The van der Waals surface area contributed by atoms with Gasteiger partial charge in [-0.15, -0.1) is 0 Å². The summed E-state index contributed by atoms with van der Waals surface area (Å²) < 4.78 is 29.9. The lowest BCUT2D eigenvalue weighted by Crippen LogP contribution is -2.08. The largest absolute Gasteiger partial charge is 0.494 e. The highest BCUT2D eigenvalue weighted by atomic mass is 19.3. The Hall–Kier alpha value is -1.43. The van der Waals surface area contributed by atoms with Crippen molar-refractivity contribution in [3.05, 3.63) is 17.5 Å². The summed E-state index contributed by atoms with van der Waals surface area (Å²) in [7, 11) is 1.28. The van der Waals surface area contributed by atoms with E-state index in [9.17, 15) is 8.78 Å². The van der Waals surface area contributed by atoms with Gasteiger partial charge >= 0.3 is 0 Å². The lowest BCUT2D eigenvalue weighted by molar-refractivity contribution is 0.147. The molecule has 0 unspecified atom stereocenters. The fourth-order valence-electron chi connectivity index (χ4n) is 1.16. The lowest BCUT2D eigenvalue weighted by Gasteiger charge is -2.12. The summed E-state index contributed by atoms with van der Waals surface area (Å²) in [5.41, 5.74) is 10.5. The minimum atomic E-state index is -2.70. The SMILES string of the molecule is COc1c(CN)ncc(N)c1C(F)F. The Kier molecular flexibility index (Phi) is 3.19. The van der Waals surface area contributed by atoms with Gasteiger partial charge in [-0.2, -0.15) is 0 Å². The number of hydrogen-bond acceptors (Lipinski definition) is 4. The van der Waals surface area contributed by atoms with E-state index in [4.69, 9.17) is 16.2 Å². The van der Waals surface area contributed by atoms with E-state index in [1.165, 1.54) is 7.11 Å². The average Bonchev–Trinajstić information content (AvgIpc) is 2.16. The molecule has 0 radical (unpaired) electrons. The smallest absolute Gasteiger partial charge is 0.269 e. The predicted octanol–water partition coefficient (Wildman–Crippen LogP) is 1.07. The molecule has 78 valence electrons. The summed E-state index contributed by atoms with van der Waals surface area (Å²) in [5.74, 6) is -0.0255. The second kappa shape index (κ2) is 4.19. The van der Waals surface area contributed by atoms with E-state index in [0.717, 1.165) is 6.20 Å². The summed E-state index contributed by atoms with van der Waals surface area (Å²) in [6, 6.07) is 0. The highest BCUT2D eigenvalue weighted by Crippen LogP contribution is 2.35. The summed E-state index contributed by atoms with van der Waals surface area (Å²) in [5, 5.41) is 0. The quantitative estimate of drug-likeness (QED) is 0.770. The Morgan fingerprint density at radius 2 is 2.21 bits per heavy atom. The summed E-state index contributed by atoms with van der Waals surface area (Å²) >= 11 is 0. The Labute approximate surface area is 79.9 Å². The van der Waals surface area contributed by atoms with E-state index in [-0.39, 0.29) is 29.2 Å². The monoisotopic (exact) mass is 203 g/mol. The molecule has 0 aromatic carbocycles. The third kappa shape index (κ3) is 1.74. The van der Waals surface area contributed by atoms with E-state index in [1.807, 2.05) is 0 Å². The van der Waals surface area contributed by atoms with Crippen LogP contribution in [0.25, 0.3) is 0 Å². The van der Waals surface area contributed by atoms with Crippen molar-refractivity contribution in [1.82, 2.24) is 4.98 Å².